The largest absolute Gasteiger partial charge is 0.462 e. The number of hydrogen-bond acceptors (Lipinski definition) is 4. The van der Waals surface area contributed by atoms with Crippen LogP contribution < -0.4 is 0 Å². The molecular weight excluding hydrogens is 448 g/mol. The molecule has 0 aromatic carbocycles. The van der Waals surface area contributed by atoms with Crippen molar-refractivity contribution >= 4 is 11.9 Å². The lowest BCUT2D eigenvalue weighted by Crippen LogP contribution is -2.76. The van der Waals surface area contributed by atoms with Crippen molar-refractivity contribution in [3.63, 3.8) is 0 Å². The standard InChI is InChI=1S/C32H48O4/c1-19-21-9-13-28(5)17-18-31(8)30(7)15-10-22-27(3,4)24(35-20(2)33)12-14-29(22,6)23(30)11-16-32(31,25(19)28)36-26(21)34/h11,16,19,21-25H,9-10,12-15,17-18H2,1-8H3/t19?,21-,22?,23?,24+,25?,28-,29+,30-,31?,32?/m1/s1. The molecular formula is C32H48O4. The van der Waals surface area contributed by atoms with Crippen molar-refractivity contribution in [2.45, 2.75) is 118 Å². The molecule has 4 nitrogen and oxygen atoms in total. The van der Waals surface area contributed by atoms with E-state index in [2.05, 4.69) is 60.6 Å². The summed E-state index contributed by atoms with van der Waals surface area (Å²) in [5.41, 5.74) is -0.198. The van der Waals surface area contributed by atoms with Gasteiger partial charge in [0.05, 0.1) is 5.92 Å². The fraction of sp³-hybridized carbons (Fsp3) is 0.875. The molecule has 11 atom stereocenters. The summed E-state index contributed by atoms with van der Waals surface area (Å²) in [6.07, 6.45) is 13.7. The van der Waals surface area contributed by atoms with Gasteiger partial charge in [0.25, 0.3) is 0 Å². The number of hydrogen-bond donors (Lipinski definition) is 0. The summed E-state index contributed by atoms with van der Waals surface area (Å²) in [6.45, 7) is 18.6. The van der Waals surface area contributed by atoms with Crippen LogP contribution in [0.5, 0.6) is 0 Å². The van der Waals surface area contributed by atoms with Crippen LogP contribution in [0, 0.1) is 56.7 Å². The van der Waals surface area contributed by atoms with Crippen molar-refractivity contribution in [3.05, 3.63) is 12.2 Å². The van der Waals surface area contributed by atoms with E-state index in [0.29, 0.717) is 23.7 Å². The Morgan fingerprint density at radius 1 is 0.972 bits per heavy atom. The minimum atomic E-state index is -0.494. The Morgan fingerprint density at radius 3 is 2.39 bits per heavy atom. The Kier molecular flexibility index (Phi) is 5.00. The highest BCUT2D eigenvalue weighted by Crippen LogP contribution is 2.78. The SMILES string of the molecule is CC(=O)O[C@H]1CC[C@@]2(C)C(CC[C@]3(C)C2C=CC24OC(=O)[C@@H]5CC[C@](C)(CCC23C)C4C5C)C1(C)C. The van der Waals surface area contributed by atoms with E-state index in [0.717, 1.165) is 44.9 Å². The van der Waals surface area contributed by atoms with Crippen molar-refractivity contribution in [2.75, 3.05) is 0 Å². The van der Waals surface area contributed by atoms with E-state index in [1.807, 2.05) is 0 Å². The van der Waals surface area contributed by atoms with Gasteiger partial charge in [0, 0.05) is 23.7 Å². The third kappa shape index (κ3) is 2.68. The van der Waals surface area contributed by atoms with E-state index in [1.54, 1.807) is 6.92 Å². The van der Waals surface area contributed by atoms with Gasteiger partial charge in [-0.2, -0.15) is 0 Å². The van der Waals surface area contributed by atoms with Crippen molar-refractivity contribution in [1.29, 1.82) is 0 Å². The number of esters is 2. The van der Waals surface area contributed by atoms with Crippen molar-refractivity contribution < 1.29 is 19.1 Å². The number of fused-ring (bicyclic) bond motifs is 5. The first-order valence-corrected chi connectivity index (χ1v) is 14.8. The predicted octanol–water partition coefficient (Wildman–Crippen LogP) is 7.11. The summed E-state index contributed by atoms with van der Waals surface area (Å²) in [7, 11) is 0. The lowest BCUT2D eigenvalue weighted by Gasteiger charge is -2.75. The lowest BCUT2D eigenvalue weighted by atomic mass is 9.31. The molecule has 0 aromatic heterocycles. The van der Waals surface area contributed by atoms with Crippen LogP contribution in [0.15, 0.2) is 12.2 Å². The fourth-order valence-electron chi connectivity index (χ4n) is 12.0. The van der Waals surface area contributed by atoms with Gasteiger partial charge in [-0.3, -0.25) is 9.59 Å². The molecule has 1 heterocycles. The maximum absolute atomic E-state index is 13.5. The third-order valence-electron chi connectivity index (χ3n) is 14.0. The van der Waals surface area contributed by atoms with Crippen molar-refractivity contribution in [2.24, 2.45) is 56.7 Å². The summed E-state index contributed by atoms with van der Waals surface area (Å²) in [5, 5.41) is 0. The van der Waals surface area contributed by atoms with Gasteiger partial charge in [-0.25, -0.2) is 0 Å². The van der Waals surface area contributed by atoms with Crippen LogP contribution in [0.2, 0.25) is 0 Å². The number of carbonyl (C=O) groups excluding carboxylic acids is 2. The van der Waals surface area contributed by atoms with E-state index in [9.17, 15) is 9.59 Å². The maximum atomic E-state index is 13.5. The molecule has 4 heteroatoms. The molecule has 6 unspecified atom stereocenters. The maximum Gasteiger partial charge on any atom is 0.310 e. The van der Waals surface area contributed by atoms with Gasteiger partial charge in [0.1, 0.15) is 11.7 Å². The molecule has 5 fully saturated rings. The second kappa shape index (κ2) is 7.20. The molecule has 5 aliphatic carbocycles. The first-order valence-electron chi connectivity index (χ1n) is 14.8. The van der Waals surface area contributed by atoms with Crippen LogP contribution in [-0.2, 0) is 19.1 Å². The molecule has 0 radical (unpaired) electrons. The zero-order valence-electron chi connectivity index (χ0n) is 23.9. The number of carbonyl (C=O) groups is 2. The molecule has 1 aliphatic heterocycles. The molecule has 2 bridgehead atoms. The molecule has 6 aliphatic rings. The Hall–Kier alpha value is -1.32. The topological polar surface area (TPSA) is 52.6 Å². The molecule has 6 rings (SSSR count). The average molecular weight is 497 g/mol. The molecule has 0 N–H and O–H groups in total. The van der Waals surface area contributed by atoms with Gasteiger partial charge in [-0.05, 0) is 91.4 Å². The molecule has 1 saturated heterocycles. The van der Waals surface area contributed by atoms with Gasteiger partial charge in [0.2, 0.25) is 0 Å². The smallest absolute Gasteiger partial charge is 0.310 e. The van der Waals surface area contributed by atoms with Crippen LogP contribution in [0.1, 0.15) is 107 Å². The Balaban J connectivity index is 1.47. The van der Waals surface area contributed by atoms with Crippen LogP contribution in [0.25, 0.3) is 0 Å². The van der Waals surface area contributed by atoms with Gasteiger partial charge in [0.15, 0.2) is 0 Å². The van der Waals surface area contributed by atoms with Crippen LogP contribution in [0.4, 0.5) is 0 Å². The fourth-order valence-corrected chi connectivity index (χ4v) is 12.0. The van der Waals surface area contributed by atoms with Crippen molar-refractivity contribution in [3.8, 4) is 0 Å². The second-order valence-corrected chi connectivity index (χ2v) is 15.5. The summed E-state index contributed by atoms with van der Waals surface area (Å²) in [6, 6.07) is 0. The molecule has 0 aromatic rings. The Labute approximate surface area is 218 Å². The van der Waals surface area contributed by atoms with Gasteiger partial charge in [-0.15, -0.1) is 0 Å². The van der Waals surface area contributed by atoms with Gasteiger partial charge in [-0.1, -0.05) is 54.5 Å². The zero-order chi connectivity index (χ0) is 26.1. The average Bonchev–Trinajstić information content (AvgIpc) is 2.76. The van der Waals surface area contributed by atoms with Gasteiger partial charge >= 0.3 is 11.9 Å². The first-order chi connectivity index (χ1) is 16.7. The lowest BCUT2D eigenvalue weighted by molar-refractivity contribution is -0.300. The Morgan fingerprint density at radius 2 is 1.69 bits per heavy atom. The third-order valence-corrected chi connectivity index (χ3v) is 14.0. The molecule has 36 heavy (non-hydrogen) atoms. The van der Waals surface area contributed by atoms with E-state index >= 15 is 0 Å². The van der Waals surface area contributed by atoms with Gasteiger partial charge < -0.3 is 9.47 Å². The highest BCUT2D eigenvalue weighted by molar-refractivity contribution is 5.75. The number of ether oxygens (including phenoxy) is 2. The second-order valence-electron chi connectivity index (χ2n) is 15.5. The minimum Gasteiger partial charge on any atom is -0.462 e. The number of rotatable bonds is 1. The molecule has 0 amide bonds. The summed E-state index contributed by atoms with van der Waals surface area (Å²) >= 11 is 0. The summed E-state index contributed by atoms with van der Waals surface area (Å²) in [4.78, 5) is 25.4. The highest BCUT2D eigenvalue weighted by Gasteiger charge is 2.77. The van der Waals surface area contributed by atoms with E-state index in [4.69, 9.17) is 9.47 Å². The molecule has 1 spiro atoms. The minimum absolute atomic E-state index is 0.0124. The molecule has 200 valence electrons. The quantitative estimate of drug-likeness (QED) is 0.287. The normalized spacial score (nSPS) is 56.5. The highest BCUT2D eigenvalue weighted by atomic mass is 16.6. The van der Waals surface area contributed by atoms with E-state index < -0.39 is 5.60 Å². The first kappa shape index (κ1) is 25.0. The van der Waals surface area contributed by atoms with Crippen LogP contribution in [-0.4, -0.2) is 23.6 Å². The van der Waals surface area contributed by atoms with Crippen molar-refractivity contribution in [1.82, 2.24) is 0 Å². The summed E-state index contributed by atoms with van der Waals surface area (Å²) < 4.78 is 12.6. The summed E-state index contributed by atoms with van der Waals surface area (Å²) in [5.74, 6) is 1.66. The Bertz CT molecular complexity index is 1030. The van der Waals surface area contributed by atoms with E-state index in [1.165, 1.54) is 6.42 Å². The number of allylic oxidation sites excluding steroid dienone is 1. The van der Waals surface area contributed by atoms with E-state index in [-0.39, 0.29) is 51.0 Å². The molecule has 4 saturated carbocycles. The monoisotopic (exact) mass is 496 g/mol. The predicted molar refractivity (Wildman–Crippen MR) is 140 cm³/mol. The van der Waals surface area contributed by atoms with Crippen LogP contribution in [0.3, 0.4) is 0 Å². The van der Waals surface area contributed by atoms with Crippen LogP contribution >= 0.6 is 0 Å². The zero-order valence-corrected chi connectivity index (χ0v) is 23.9.